The number of fused-ring (bicyclic) bond motifs is 8. The van der Waals surface area contributed by atoms with E-state index < -0.39 is 0 Å². The number of hydrogen-bond acceptors (Lipinski definition) is 2. The first-order valence-corrected chi connectivity index (χ1v) is 19.7. The molecule has 0 atom stereocenters. The molecular weight excluding hydrogens is 705 g/mol. The summed E-state index contributed by atoms with van der Waals surface area (Å²) in [4.78, 5) is 10.7. The summed E-state index contributed by atoms with van der Waals surface area (Å²) < 4.78 is 4.63. The molecule has 0 saturated heterocycles. The van der Waals surface area contributed by atoms with Gasteiger partial charge in [0.25, 0.3) is 0 Å². The Labute approximate surface area is 334 Å². The predicted octanol–water partition coefficient (Wildman–Crippen LogP) is 14.0. The Bertz CT molecular complexity index is 3560. The molecule has 0 bridgehead atoms. The van der Waals surface area contributed by atoms with Crippen LogP contribution in [0.2, 0.25) is 0 Å². The molecule has 0 unspecified atom stereocenters. The average Bonchev–Trinajstić information content (AvgIpc) is 3.81. The van der Waals surface area contributed by atoms with Crippen LogP contribution in [-0.2, 0) is 0 Å². The Balaban J connectivity index is 1.04. The third-order valence-electron chi connectivity index (χ3n) is 11.7. The van der Waals surface area contributed by atoms with Crippen LogP contribution >= 0.6 is 0 Å². The highest BCUT2D eigenvalue weighted by Crippen LogP contribution is 2.41. The fraction of sp³-hybridized carbons (Fsp3) is 0. The van der Waals surface area contributed by atoms with E-state index in [-0.39, 0.29) is 0 Å². The minimum atomic E-state index is 0.648. The van der Waals surface area contributed by atoms with Gasteiger partial charge < -0.3 is 4.57 Å². The van der Waals surface area contributed by atoms with E-state index in [1.54, 1.807) is 0 Å². The first-order valence-electron chi connectivity index (χ1n) is 19.7. The van der Waals surface area contributed by atoms with Gasteiger partial charge in [-0.3, -0.25) is 4.57 Å². The molecule has 58 heavy (non-hydrogen) atoms. The van der Waals surface area contributed by atoms with E-state index in [1.165, 1.54) is 54.7 Å². The zero-order chi connectivity index (χ0) is 38.2. The number of hydrogen-bond donors (Lipinski definition) is 0. The van der Waals surface area contributed by atoms with Gasteiger partial charge in [0.1, 0.15) is 0 Å². The summed E-state index contributed by atoms with van der Waals surface area (Å²) in [5.74, 6) is 0.648. The fourth-order valence-corrected chi connectivity index (χ4v) is 9.04. The summed E-state index contributed by atoms with van der Waals surface area (Å²) in [6.45, 7) is 0. The zero-order valence-corrected chi connectivity index (χ0v) is 31.4. The van der Waals surface area contributed by atoms with Crippen molar-refractivity contribution < 1.29 is 0 Å². The second kappa shape index (κ2) is 12.9. The van der Waals surface area contributed by atoms with E-state index in [4.69, 9.17) is 9.97 Å². The van der Waals surface area contributed by atoms with Gasteiger partial charge in [-0.2, -0.15) is 0 Å². The molecule has 270 valence electrons. The summed E-state index contributed by atoms with van der Waals surface area (Å²) in [6, 6.07) is 73.8. The second-order valence-corrected chi connectivity index (χ2v) is 15.0. The fourth-order valence-electron chi connectivity index (χ4n) is 9.04. The lowest BCUT2D eigenvalue weighted by Crippen LogP contribution is -2.03. The molecule has 3 heterocycles. The van der Waals surface area contributed by atoms with Crippen molar-refractivity contribution >= 4 is 65.3 Å². The first-order chi connectivity index (χ1) is 28.8. The molecule has 0 N–H and O–H groups in total. The molecule has 4 heteroatoms. The summed E-state index contributed by atoms with van der Waals surface area (Å²) in [6.07, 6.45) is 0. The zero-order valence-electron chi connectivity index (χ0n) is 31.4. The minimum Gasteiger partial charge on any atom is -0.309 e. The molecule has 0 fully saturated rings. The number of nitrogens with zero attached hydrogens (tertiary/aromatic N) is 4. The van der Waals surface area contributed by atoms with Crippen LogP contribution in [0.5, 0.6) is 0 Å². The van der Waals surface area contributed by atoms with Crippen molar-refractivity contribution in [3.63, 3.8) is 0 Å². The summed E-state index contributed by atoms with van der Waals surface area (Å²) in [5.41, 5.74) is 13.2. The van der Waals surface area contributed by atoms with Crippen molar-refractivity contribution in [2.24, 2.45) is 0 Å². The Kier molecular flexibility index (Phi) is 7.20. The Morgan fingerprint density at radius 1 is 0.328 bits per heavy atom. The van der Waals surface area contributed by atoms with Crippen molar-refractivity contribution in [3.8, 4) is 45.1 Å². The highest BCUT2D eigenvalue weighted by Gasteiger charge is 2.21. The predicted molar refractivity (Wildman–Crippen MR) is 242 cm³/mol. The van der Waals surface area contributed by atoms with Gasteiger partial charge in [-0.15, -0.1) is 0 Å². The number of para-hydroxylation sites is 4. The normalized spacial score (nSPS) is 11.8. The monoisotopic (exact) mass is 738 g/mol. The van der Waals surface area contributed by atoms with Crippen LogP contribution in [0.4, 0.5) is 0 Å². The molecule has 12 aromatic rings. The molecule has 3 aromatic heterocycles. The van der Waals surface area contributed by atoms with E-state index in [0.29, 0.717) is 5.95 Å². The lowest BCUT2D eigenvalue weighted by Gasteiger charge is -2.13. The van der Waals surface area contributed by atoms with E-state index >= 15 is 0 Å². The van der Waals surface area contributed by atoms with Gasteiger partial charge in [0.15, 0.2) is 0 Å². The van der Waals surface area contributed by atoms with Gasteiger partial charge in [0.2, 0.25) is 5.95 Å². The SMILES string of the molecule is c1ccc(-n2c3ccccc3c3ccc(-c4cccc5c4c4ccccc4n5-c4nc(-c5ccc(-c6ccc7ccccc7c6)cc5)c5ccccc5n4)cc32)cc1. The van der Waals surface area contributed by atoms with Crippen LogP contribution in [0, 0.1) is 0 Å². The minimum absolute atomic E-state index is 0.648. The van der Waals surface area contributed by atoms with Gasteiger partial charge >= 0.3 is 0 Å². The second-order valence-electron chi connectivity index (χ2n) is 15.0. The van der Waals surface area contributed by atoms with E-state index in [2.05, 4.69) is 215 Å². The molecule has 0 amide bonds. The number of aromatic nitrogens is 4. The Hall–Kier alpha value is -7.82. The molecule has 0 saturated carbocycles. The highest BCUT2D eigenvalue weighted by molar-refractivity contribution is 6.17. The molecule has 0 aliphatic rings. The van der Waals surface area contributed by atoms with Gasteiger partial charge in [-0.1, -0.05) is 158 Å². The summed E-state index contributed by atoms with van der Waals surface area (Å²) in [7, 11) is 0. The van der Waals surface area contributed by atoms with Gasteiger partial charge in [-0.25, -0.2) is 9.97 Å². The maximum absolute atomic E-state index is 5.42. The van der Waals surface area contributed by atoms with Crippen LogP contribution in [0.3, 0.4) is 0 Å². The highest BCUT2D eigenvalue weighted by atomic mass is 15.2. The van der Waals surface area contributed by atoms with E-state index in [9.17, 15) is 0 Å². The third kappa shape index (κ3) is 5.02. The smallest absolute Gasteiger partial charge is 0.235 e. The maximum atomic E-state index is 5.42. The van der Waals surface area contributed by atoms with Crippen molar-refractivity contribution in [2.45, 2.75) is 0 Å². The van der Waals surface area contributed by atoms with Crippen LogP contribution in [0.15, 0.2) is 206 Å². The number of benzene rings is 9. The maximum Gasteiger partial charge on any atom is 0.235 e. The molecule has 0 radical (unpaired) electrons. The molecule has 0 spiro atoms. The van der Waals surface area contributed by atoms with Crippen LogP contribution in [0.1, 0.15) is 0 Å². The van der Waals surface area contributed by atoms with Crippen molar-refractivity contribution in [3.05, 3.63) is 206 Å². The molecule has 4 nitrogen and oxygen atoms in total. The molecular formula is C54H34N4. The summed E-state index contributed by atoms with van der Waals surface area (Å²) >= 11 is 0. The van der Waals surface area contributed by atoms with Crippen LogP contribution < -0.4 is 0 Å². The van der Waals surface area contributed by atoms with Crippen LogP contribution in [-0.4, -0.2) is 19.1 Å². The molecule has 9 aromatic carbocycles. The van der Waals surface area contributed by atoms with Gasteiger partial charge in [-0.05, 0) is 81.6 Å². The van der Waals surface area contributed by atoms with Gasteiger partial charge in [0.05, 0.1) is 33.3 Å². The third-order valence-corrected chi connectivity index (χ3v) is 11.7. The van der Waals surface area contributed by atoms with Crippen molar-refractivity contribution in [1.29, 1.82) is 0 Å². The summed E-state index contributed by atoms with van der Waals surface area (Å²) in [5, 5.41) is 8.32. The number of rotatable bonds is 5. The molecule has 0 aliphatic carbocycles. The standard InChI is InChI=1S/C54H34N4/c1-2-15-41(16-3-1)57-48-22-10-7-17-43(48)44-32-31-40(34-51(44)57)42-20-12-24-50-52(42)46-19-8-11-23-49(46)58(50)54-55-47-21-9-6-18-45(47)53(56-54)37-28-25-36(26-29-37)39-30-27-35-13-4-5-14-38(35)33-39/h1-34H. The Morgan fingerprint density at radius 2 is 0.948 bits per heavy atom. The molecule has 12 rings (SSSR count). The largest absolute Gasteiger partial charge is 0.309 e. The van der Waals surface area contributed by atoms with E-state index in [1.807, 2.05) is 0 Å². The average molecular weight is 739 g/mol. The molecule has 0 aliphatic heterocycles. The van der Waals surface area contributed by atoms with E-state index in [0.717, 1.165) is 49.8 Å². The Morgan fingerprint density at radius 3 is 1.79 bits per heavy atom. The van der Waals surface area contributed by atoms with Crippen molar-refractivity contribution in [1.82, 2.24) is 19.1 Å². The lowest BCUT2D eigenvalue weighted by molar-refractivity contribution is 1.01. The van der Waals surface area contributed by atoms with Gasteiger partial charge in [0, 0.05) is 38.2 Å². The topological polar surface area (TPSA) is 35.6 Å². The van der Waals surface area contributed by atoms with Crippen LogP contribution in [0.25, 0.3) is 110 Å². The first kappa shape index (κ1) is 32.4. The van der Waals surface area contributed by atoms with Crippen molar-refractivity contribution in [2.75, 3.05) is 0 Å². The lowest BCUT2D eigenvalue weighted by atomic mass is 9.98. The quantitative estimate of drug-likeness (QED) is 0.176.